The number of halogens is 1. The first-order valence-corrected chi connectivity index (χ1v) is 6.31. The van der Waals surface area contributed by atoms with Crippen LogP contribution in [0.15, 0.2) is 22.7 Å². The third kappa shape index (κ3) is 2.36. The van der Waals surface area contributed by atoms with Gasteiger partial charge in [-0.2, -0.15) is 0 Å². The summed E-state index contributed by atoms with van der Waals surface area (Å²) in [7, 11) is 0. The Morgan fingerprint density at radius 3 is 2.69 bits per heavy atom. The van der Waals surface area contributed by atoms with Crippen LogP contribution in [0.1, 0.15) is 5.56 Å². The molecule has 0 radical (unpaired) electrons. The molecular formula is C11H13BrN2OS. The summed E-state index contributed by atoms with van der Waals surface area (Å²) < 4.78 is 6.28. The zero-order valence-corrected chi connectivity index (χ0v) is 11.2. The van der Waals surface area contributed by atoms with E-state index in [0.717, 1.165) is 42.0 Å². The summed E-state index contributed by atoms with van der Waals surface area (Å²) >= 11 is 8.59. The van der Waals surface area contributed by atoms with Crippen molar-refractivity contribution in [2.24, 2.45) is 5.73 Å². The van der Waals surface area contributed by atoms with Crippen LogP contribution in [0.3, 0.4) is 0 Å². The number of anilines is 1. The number of ether oxygens (including phenoxy) is 1. The molecule has 2 N–H and O–H groups in total. The Morgan fingerprint density at radius 1 is 1.38 bits per heavy atom. The molecule has 2 rings (SSSR count). The molecule has 1 saturated heterocycles. The molecule has 5 heteroatoms. The van der Waals surface area contributed by atoms with Gasteiger partial charge in [-0.25, -0.2) is 0 Å². The molecular weight excluding hydrogens is 288 g/mol. The van der Waals surface area contributed by atoms with Crippen molar-refractivity contribution in [2.45, 2.75) is 0 Å². The molecule has 0 aromatic heterocycles. The second-order valence-corrected chi connectivity index (χ2v) is 4.89. The van der Waals surface area contributed by atoms with Crippen molar-refractivity contribution in [3.8, 4) is 0 Å². The zero-order chi connectivity index (χ0) is 11.5. The van der Waals surface area contributed by atoms with Crippen LogP contribution in [0.5, 0.6) is 0 Å². The van der Waals surface area contributed by atoms with Gasteiger partial charge in [0.15, 0.2) is 0 Å². The summed E-state index contributed by atoms with van der Waals surface area (Å²) in [4.78, 5) is 2.68. The number of rotatable bonds is 2. The number of hydrogen-bond donors (Lipinski definition) is 1. The lowest BCUT2D eigenvalue weighted by molar-refractivity contribution is 0.122. The fourth-order valence-corrected chi connectivity index (χ4v) is 2.74. The molecule has 1 aliphatic rings. The van der Waals surface area contributed by atoms with Gasteiger partial charge in [0, 0.05) is 28.8 Å². The highest BCUT2D eigenvalue weighted by Crippen LogP contribution is 2.28. The maximum absolute atomic E-state index is 5.77. The van der Waals surface area contributed by atoms with Gasteiger partial charge in [-0.1, -0.05) is 18.3 Å². The van der Waals surface area contributed by atoms with E-state index in [2.05, 4.69) is 20.8 Å². The van der Waals surface area contributed by atoms with Crippen LogP contribution < -0.4 is 10.6 Å². The largest absolute Gasteiger partial charge is 0.389 e. The molecule has 1 aromatic carbocycles. The van der Waals surface area contributed by atoms with Crippen LogP contribution in [0, 0.1) is 0 Å². The van der Waals surface area contributed by atoms with Crippen molar-refractivity contribution >= 4 is 38.8 Å². The van der Waals surface area contributed by atoms with E-state index in [9.17, 15) is 0 Å². The molecule has 0 unspecified atom stereocenters. The summed E-state index contributed by atoms with van der Waals surface area (Å²) in [6.07, 6.45) is 0. The van der Waals surface area contributed by atoms with Crippen molar-refractivity contribution < 1.29 is 4.74 Å². The summed E-state index contributed by atoms with van der Waals surface area (Å²) in [6.45, 7) is 3.27. The highest BCUT2D eigenvalue weighted by molar-refractivity contribution is 9.10. The number of morpholine rings is 1. The van der Waals surface area contributed by atoms with Gasteiger partial charge < -0.3 is 15.4 Å². The van der Waals surface area contributed by atoms with Gasteiger partial charge in [0.25, 0.3) is 0 Å². The van der Waals surface area contributed by atoms with Crippen molar-refractivity contribution in [2.75, 3.05) is 31.2 Å². The van der Waals surface area contributed by atoms with Crippen LogP contribution in [0.2, 0.25) is 0 Å². The Morgan fingerprint density at radius 2 is 2.06 bits per heavy atom. The Kier molecular flexibility index (Phi) is 3.78. The van der Waals surface area contributed by atoms with Crippen LogP contribution in [-0.2, 0) is 4.74 Å². The standard InChI is InChI=1S/C11H13BrN2OS/c12-8-2-1-3-9(10(8)11(13)16)14-4-6-15-7-5-14/h1-3H,4-7H2,(H2,13,16). The third-order valence-corrected chi connectivity index (χ3v) is 3.45. The topological polar surface area (TPSA) is 38.5 Å². The van der Waals surface area contributed by atoms with E-state index in [1.165, 1.54) is 0 Å². The first-order chi connectivity index (χ1) is 7.70. The lowest BCUT2D eigenvalue weighted by Crippen LogP contribution is -2.37. The normalized spacial score (nSPS) is 16.2. The average molecular weight is 301 g/mol. The monoisotopic (exact) mass is 300 g/mol. The van der Waals surface area contributed by atoms with Gasteiger partial charge in [0.1, 0.15) is 4.99 Å². The molecule has 1 heterocycles. The first kappa shape index (κ1) is 11.8. The molecule has 0 aliphatic carbocycles. The summed E-state index contributed by atoms with van der Waals surface area (Å²) in [5.41, 5.74) is 7.77. The first-order valence-electron chi connectivity index (χ1n) is 5.11. The minimum absolute atomic E-state index is 0.425. The molecule has 1 aliphatic heterocycles. The number of benzene rings is 1. The molecule has 0 bridgehead atoms. The van der Waals surface area contributed by atoms with Crippen LogP contribution in [0.4, 0.5) is 5.69 Å². The highest BCUT2D eigenvalue weighted by atomic mass is 79.9. The Labute approximate surface area is 109 Å². The molecule has 0 amide bonds. The molecule has 16 heavy (non-hydrogen) atoms. The number of hydrogen-bond acceptors (Lipinski definition) is 3. The zero-order valence-electron chi connectivity index (χ0n) is 8.78. The van der Waals surface area contributed by atoms with Gasteiger partial charge in [-0.05, 0) is 28.1 Å². The Hall–Kier alpha value is -0.650. The molecule has 86 valence electrons. The van der Waals surface area contributed by atoms with Gasteiger partial charge >= 0.3 is 0 Å². The predicted octanol–water partition coefficient (Wildman–Crippen LogP) is 1.92. The van der Waals surface area contributed by atoms with Crippen molar-refractivity contribution in [3.05, 3.63) is 28.2 Å². The van der Waals surface area contributed by atoms with Gasteiger partial charge in [-0.15, -0.1) is 0 Å². The Bertz CT molecular complexity index is 405. The number of nitrogens with zero attached hydrogens (tertiary/aromatic N) is 1. The van der Waals surface area contributed by atoms with E-state index >= 15 is 0 Å². The summed E-state index contributed by atoms with van der Waals surface area (Å²) in [5.74, 6) is 0. The maximum atomic E-state index is 5.77. The minimum atomic E-state index is 0.425. The smallest absolute Gasteiger partial charge is 0.107 e. The molecule has 1 fully saturated rings. The van der Waals surface area contributed by atoms with Crippen molar-refractivity contribution in [1.82, 2.24) is 0 Å². The second kappa shape index (κ2) is 5.12. The van der Waals surface area contributed by atoms with E-state index in [1.807, 2.05) is 18.2 Å². The van der Waals surface area contributed by atoms with Crippen molar-refractivity contribution in [1.29, 1.82) is 0 Å². The lowest BCUT2D eigenvalue weighted by atomic mass is 10.1. The van der Waals surface area contributed by atoms with Crippen LogP contribution in [0.25, 0.3) is 0 Å². The van der Waals surface area contributed by atoms with E-state index < -0.39 is 0 Å². The summed E-state index contributed by atoms with van der Waals surface area (Å²) in [6, 6.07) is 6.00. The molecule has 0 spiro atoms. The lowest BCUT2D eigenvalue weighted by Gasteiger charge is -2.30. The van der Waals surface area contributed by atoms with E-state index in [4.69, 9.17) is 22.7 Å². The van der Waals surface area contributed by atoms with Gasteiger partial charge in [0.05, 0.1) is 13.2 Å². The molecule has 3 nitrogen and oxygen atoms in total. The fourth-order valence-electron chi connectivity index (χ4n) is 1.82. The fraction of sp³-hybridized carbons (Fsp3) is 0.364. The van der Waals surface area contributed by atoms with E-state index in [1.54, 1.807) is 0 Å². The molecule has 0 atom stereocenters. The molecule has 1 aromatic rings. The third-order valence-electron chi connectivity index (χ3n) is 2.59. The van der Waals surface area contributed by atoms with Crippen molar-refractivity contribution in [3.63, 3.8) is 0 Å². The van der Waals surface area contributed by atoms with E-state index in [0.29, 0.717) is 4.99 Å². The average Bonchev–Trinajstić information content (AvgIpc) is 2.29. The van der Waals surface area contributed by atoms with Gasteiger partial charge in [-0.3, -0.25) is 0 Å². The minimum Gasteiger partial charge on any atom is -0.389 e. The number of nitrogens with two attached hydrogens (primary N) is 1. The molecule has 0 saturated carbocycles. The second-order valence-electron chi connectivity index (χ2n) is 3.60. The van der Waals surface area contributed by atoms with Crippen LogP contribution in [-0.4, -0.2) is 31.3 Å². The quantitative estimate of drug-likeness (QED) is 0.847. The van der Waals surface area contributed by atoms with Crippen LogP contribution >= 0.6 is 28.1 Å². The SMILES string of the molecule is NC(=S)c1c(Br)cccc1N1CCOCC1. The van der Waals surface area contributed by atoms with Gasteiger partial charge in [0.2, 0.25) is 0 Å². The summed E-state index contributed by atoms with van der Waals surface area (Å²) in [5, 5.41) is 0. The maximum Gasteiger partial charge on any atom is 0.107 e. The van der Waals surface area contributed by atoms with E-state index in [-0.39, 0.29) is 0 Å². The Balaban J connectivity index is 2.38. The number of thiocarbonyl (C=S) groups is 1. The predicted molar refractivity (Wildman–Crippen MR) is 73.1 cm³/mol. The highest BCUT2D eigenvalue weighted by Gasteiger charge is 2.17.